The van der Waals surface area contributed by atoms with Crippen LogP contribution in [0, 0.1) is 0 Å². The number of esters is 1. The maximum absolute atomic E-state index is 11.5. The predicted molar refractivity (Wildman–Crippen MR) is 73.7 cm³/mol. The molecule has 0 saturated carbocycles. The molecule has 110 valence electrons. The van der Waals surface area contributed by atoms with Crippen LogP contribution in [0.15, 0.2) is 12.3 Å². The lowest BCUT2D eigenvalue weighted by Gasteiger charge is -2.27. The van der Waals surface area contributed by atoms with Gasteiger partial charge >= 0.3 is 5.97 Å². The van der Waals surface area contributed by atoms with Gasteiger partial charge in [0.1, 0.15) is 5.82 Å². The van der Waals surface area contributed by atoms with Gasteiger partial charge in [0, 0.05) is 25.3 Å². The summed E-state index contributed by atoms with van der Waals surface area (Å²) in [7, 11) is 5.28. The van der Waals surface area contributed by atoms with Gasteiger partial charge in [-0.25, -0.2) is 14.8 Å². The maximum Gasteiger partial charge on any atom is 0.376 e. The van der Waals surface area contributed by atoms with Crippen LogP contribution in [0.3, 0.4) is 0 Å². The molecule has 1 fully saturated rings. The second-order valence-corrected chi connectivity index (χ2v) is 5.19. The second kappa shape index (κ2) is 6.15. The third-order valence-corrected chi connectivity index (χ3v) is 3.27. The van der Waals surface area contributed by atoms with E-state index in [1.807, 2.05) is 19.0 Å². The normalized spacial score (nSPS) is 22.4. The molecule has 1 N–H and O–H groups in total. The van der Waals surface area contributed by atoms with E-state index in [-0.39, 0.29) is 18.0 Å². The zero-order valence-corrected chi connectivity index (χ0v) is 12.0. The average Bonchev–Trinajstić information content (AvgIpc) is 2.78. The Morgan fingerprint density at radius 1 is 1.60 bits per heavy atom. The van der Waals surface area contributed by atoms with E-state index in [4.69, 9.17) is 0 Å². The first-order valence-corrected chi connectivity index (χ1v) is 6.52. The molecule has 2 unspecified atom stereocenters. The highest BCUT2D eigenvalue weighted by atomic mass is 16.5. The van der Waals surface area contributed by atoms with Gasteiger partial charge in [0.2, 0.25) is 5.82 Å². The lowest BCUT2D eigenvalue weighted by atomic mass is 10.2. The summed E-state index contributed by atoms with van der Waals surface area (Å²) in [6.07, 6.45) is 1.85. The van der Waals surface area contributed by atoms with Crippen LogP contribution < -0.4 is 4.90 Å². The van der Waals surface area contributed by atoms with Crippen LogP contribution in [0.4, 0.5) is 5.82 Å². The quantitative estimate of drug-likeness (QED) is 0.763. The van der Waals surface area contributed by atoms with E-state index >= 15 is 0 Å². The molecular weight excluding hydrogens is 260 g/mol. The van der Waals surface area contributed by atoms with Gasteiger partial charge in [-0.15, -0.1) is 0 Å². The van der Waals surface area contributed by atoms with Gasteiger partial charge in [-0.2, -0.15) is 0 Å². The van der Waals surface area contributed by atoms with E-state index in [1.165, 1.54) is 13.3 Å². The van der Waals surface area contributed by atoms with Gasteiger partial charge < -0.3 is 19.6 Å². The van der Waals surface area contributed by atoms with Gasteiger partial charge in [-0.3, -0.25) is 0 Å². The summed E-state index contributed by atoms with van der Waals surface area (Å²) in [5.41, 5.74) is 0. The first-order valence-electron chi connectivity index (χ1n) is 6.52. The van der Waals surface area contributed by atoms with Crippen molar-refractivity contribution >= 4 is 11.8 Å². The number of rotatable bonds is 4. The Morgan fingerprint density at radius 2 is 2.35 bits per heavy atom. The fraction of sp³-hybridized carbons (Fsp3) is 0.615. The van der Waals surface area contributed by atoms with E-state index in [2.05, 4.69) is 19.6 Å². The van der Waals surface area contributed by atoms with Crippen molar-refractivity contribution in [2.45, 2.75) is 18.6 Å². The SMILES string of the molecule is COC(=O)c1nccc(N2CC(O)CC2CN(C)C)n1. The number of likely N-dealkylation sites (N-methyl/N-ethyl adjacent to an activating group) is 1. The number of anilines is 1. The first-order chi connectivity index (χ1) is 9.51. The highest BCUT2D eigenvalue weighted by Gasteiger charge is 2.32. The Morgan fingerprint density at radius 3 is 3.00 bits per heavy atom. The van der Waals surface area contributed by atoms with Crippen LogP contribution in [-0.2, 0) is 4.74 Å². The Labute approximate surface area is 118 Å². The van der Waals surface area contributed by atoms with Gasteiger partial charge in [-0.05, 0) is 26.6 Å². The number of hydrogen-bond donors (Lipinski definition) is 1. The van der Waals surface area contributed by atoms with E-state index in [1.54, 1.807) is 6.07 Å². The van der Waals surface area contributed by atoms with Crippen molar-refractivity contribution in [3.05, 3.63) is 18.1 Å². The van der Waals surface area contributed by atoms with Crippen LogP contribution in [0.25, 0.3) is 0 Å². The molecule has 2 rings (SSSR count). The van der Waals surface area contributed by atoms with Crippen molar-refractivity contribution in [2.75, 3.05) is 39.2 Å². The van der Waals surface area contributed by atoms with Crippen LogP contribution in [0.5, 0.6) is 0 Å². The third-order valence-electron chi connectivity index (χ3n) is 3.27. The Balaban J connectivity index is 2.22. The topological polar surface area (TPSA) is 78.8 Å². The molecule has 0 aliphatic carbocycles. The van der Waals surface area contributed by atoms with Crippen molar-refractivity contribution in [2.24, 2.45) is 0 Å². The standard InChI is InChI=1S/C13H20N4O3/c1-16(2)7-9-6-10(18)8-17(9)11-4-5-14-12(15-11)13(19)20-3/h4-5,9-10,18H,6-8H2,1-3H3. The predicted octanol–water partition coefficient (Wildman–Crippen LogP) is -0.236. The summed E-state index contributed by atoms with van der Waals surface area (Å²) in [5.74, 6) is 0.120. The summed E-state index contributed by atoms with van der Waals surface area (Å²) >= 11 is 0. The minimum atomic E-state index is -0.559. The molecular formula is C13H20N4O3. The number of carbonyl (C=O) groups is 1. The maximum atomic E-state index is 11.5. The molecule has 1 aliphatic rings. The molecule has 20 heavy (non-hydrogen) atoms. The number of β-amino-alcohol motifs (C(OH)–C–C–N with tert-alkyl or cyclic N) is 1. The highest BCUT2D eigenvalue weighted by molar-refractivity contribution is 5.85. The first kappa shape index (κ1) is 14.7. The third kappa shape index (κ3) is 3.23. The number of ether oxygens (including phenoxy) is 1. The van der Waals surface area contributed by atoms with Gasteiger partial charge in [0.05, 0.1) is 13.2 Å². The largest absolute Gasteiger partial charge is 0.463 e. The lowest BCUT2D eigenvalue weighted by Crippen LogP contribution is -2.38. The van der Waals surface area contributed by atoms with Gasteiger partial charge in [0.15, 0.2) is 0 Å². The smallest absolute Gasteiger partial charge is 0.376 e. The minimum Gasteiger partial charge on any atom is -0.463 e. The number of nitrogens with zero attached hydrogens (tertiary/aromatic N) is 4. The molecule has 7 heteroatoms. The number of aliphatic hydroxyl groups is 1. The fourth-order valence-corrected chi connectivity index (χ4v) is 2.47. The van der Waals surface area contributed by atoms with Crippen molar-refractivity contribution in [1.82, 2.24) is 14.9 Å². The summed E-state index contributed by atoms with van der Waals surface area (Å²) in [5, 5.41) is 9.87. The number of aromatic nitrogens is 2. The molecule has 1 aliphatic heterocycles. The van der Waals surface area contributed by atoms with Crippen LogP contribution in [0.1, 0.15) is 17.0 Å². The summed E-state index contributed by atoms with van der Waals surface area (Å²) < 4.78 is 4.63. The number of hydrogen-bond acceptors (Lipinski definition) is 7. The van der Waals surface area contributed by atoms with Gasteiger partial charge in [0.25, 0.3) is 0 Å². The average molecular weight is 280 g/mol. The summed E-state index contributed by atoms with van der Waals surface area (Å²) in [6, 6.07) is 1.91. The van der Waals surface area contributed by atoms with Crippen molar-refractivity contribution < 1.29 is 14.6 Å². The van der Waals surface area contributed by atoms with E-state index in [0.717, 1.165) is 6.54 Å². The molecule has 2 heterocycles. The molecule has 1 aromatic rings. The number of methoxy groups -OCH3 is 1. The zero-order chi connectivity index (χ0) is 14.7. The lowest BCUT2D eigenvalue weighted by molar-refractivity contribution is 0.0586. The Bertz CT molecular complexity index is 480. The van der Waals surface area contributed by atoms with Crippen molar-refractivity contribution in [1.29, 1.82) is 0 Å². The molecule has 1 aromatic heterocycles. The van der Waals surface area contributed by atoms with Crippen molar-refractivity contribution in [3.8, 4) is 0 Å². The van der Waals surface area contributed by atoms with Crippen LogP contribution >= 0.6 is 0 Å². The van der Waals surface area contributed by atoms with Crippen LogP contribution in [0.2, 0.25) is 0 Å². The zero-order valence-electron chi connectivity index (χ0n) is 12.0. The molecule has 2 atom stereocenters. The van der Waals surface area contributed by atoms with E-state index in [0.29, 0.717) is 18.8 Å². The Kier molecular flexibility index (Phi) is 4.51. The minimum absolute atomic E-state index is 0.0370. The molecule has 0 radical (unpaired) electrons. The highest BCUT2D eigenvalue weighted by Crippen LogP contribution is 2.24. The van der Waals surface area contributed by atoms with Gasteiger partial charge in [-0.1, -0.05) is 0 Å². The fourth-order valence-electron chi connectivity index (χ4n) is 2.47. The van der Waals surface area contributed by atoms with E-state index in [9.17, 15) is 9.90 Å². The molecule has 1 saturated heterocycles. The summed E-state index contributed by atoms with van der Waals surface area (Å²) in [6.45, 7) is 1.32. The molecule has 0 amide bonds. The van der Waals surface area contributed by atoms with E-state index < -0.39 is 5.97 Å². The Hall–Kier alpha value is -1.73. The number of carbonyl (C=O) groups excluding carboxylic acids is 1. The monoisotopic (exact) mass is 280 g/mol. The van der Waals surface area contributed by atoms with Crippen molar-refractivity contribution in [3.63, 3.8) is 0 Å². The molecule has 0 bridgehead atoms. The second-order valence-electron chi connectivity index (χ2n) is 5.19. The van der Waals surface area contributed by atoms with Crippen LogP contribution in [-0.4, -0.2) is 72.4 Å². The molecule has 7 nitrogen and oxygen atoms in total. The summed E-state index contributed by atoms with van der Waals surface area (Å²) in [4.78, 5) is 23.7. The molecule has 0 spiro atoms. The number of aliphatic hydroxyl groups excluding tert-OH is 1. The molecule has 0 aromatic carbocycles.